The normalized spacial score (nSPS) is 39.5. The Kier molecular flexibility index (Phi) is 8.40. The Balaban J connectivity index is 1.22. The molecule has 46 heavy (non-hydrogen) atoms. The van der Waals surface area contributed by atoms with Gasteiger partial charge in [0, 0.05) is 36.2 Å². The summed E-state index contributed by atoms with van der Waals surface area (Å²) in [5.41, 5.74) is 3.61. The maximum atomic E-state index is 12.5. The van der Waals surface area contributed by atoms with Gasteiger partial charge >= 0.3 is 0 Å². The molecule has 2 aliphatic heterocycles. The third kappa shape index (κ3) is 5.63. The molecule has 1 spiro atoms. The fourth-order valence-electron chi connectivity index (χ4n) is 9.92. The van der Waals surface area contributed by atoms with Crippen molar-refractivity contribution in [3.05, 3.63) is 53.1 Å². The Labute approximate surface area is 275 Å². The average molecular weight is 631 g/mol. The number of aliphatic hydroxyl groups is 2. The zero-order valence-corrected chi connectivity index (χ0v) is 28.5. The van der Waals surface area contributed by atoms with Crippen molar-refractivity contribution in [2.24, 2.45) is 22.7 Å². The molecule has 3 saturated carbocycles. The van der Waals surface area contributed by atoms with E-state index in [0.717, 1.165) is 69.1 Å². The lowest BCUT2D eigenvalue weighted by atomic mass is 9.49. The highest BCUT2D eigenvalue weighted by atomic mass is 16.7. The Morgan fingerprint density at radius 3 is 2.46 bits per heavy atom. The van der Waals surface area contributed by atoms with Crippen LogP contribution in [-0.2, 0) is 18.9 Å². The van der Waals surface area contributed by atoms with E-state index in [0.29, 0.717) is 44.3 Å². The van der Waals surface area contributed by atoms with Crippen molar-refractivity contribution in [3.8, 4) is 11.8 Å². The van der Waals surface area contributed by atoms with Crippen molar-refractivity contribution < 1.29 is 29.2 Å². The van der Waals surface area contributed by atoms with Crippen LogP contribution in [0.5, 0.6) is 0 Å². The maximum Gasteiger partial charge on any atom is 0.171 e. The molecule has 0 radical (unpaired) electrons. The average Bonchev–Trinajstić information content (AvgIpc) is 3.30. The number of allylic oxidation sites excluding steroid dienone is 2. The third-order valence-corrected chi connectivity index (χ3v) is 12.6. The van der Waals surface area contributed by atoms with Crippen molar-refractivity contribution in [2.75, 3.05) is 26.4 Å². The van der Waals surface area contributed by atoms with Gasteiger partial charge in [0.05, 0.1) is 18.8 Å². The van der Waals surface area contributed by atoms with E-state index >= 15 is 0 Å². The minimum atomic E-state index is -1.10. The van der Waals surface area contributed by atoms with Gasteiger partial charge in [-0.15, -0.1) is 0 Å². The fraction of sp³-hybridized carbons (Fsp3) is 0.700. The van der Waals surface area contributed by atoms with Crippen molar-refractivity contribution in [2.45, 2.75) is 128 Å². The molecule has 2 saturated heterocycles. The van der Waals surface area contributed by atoms with Crippen LogP contribution < -0.4 is 0 Å². The predicted octanol–water partition coefficient (Wildman–Crippen LogP) is 7.29. The molecular weight excluding hydrogens is 576 g/mol. The molecule has 0 amide bonds. The van der Waals surface area contributed by atoms with Gasteiger partial charge in [-0.05, 0) is 93.2 Å². The van der Waals surface area contributed by atoms with Crippen LogP contribution in [0.2, 0.25) is 0 Å². The van der Waals surface area contributed by atoms with Gasteiger partial charge in [-0.1, -0.05) is 74.6 Å². The lowest BCUT2D eigenvalue weighted by Gasteiger charge is -2.58. The molecule has 6 aliphatic rings. The summed E-state index contributed by atoms with van der Waals surface area (Å²) in [7, 11) is 0. The van der Waals surface area contributed by atoms with E-state index in [-0.39, 0.29) is 29.6 Å². The van der Waals surface area contributed by atoms with Crippen LogP contribution in [0.1, 0.15) is 115 Å². The molecule has 1 unspecified atom stereocenters. The second-order valence-electron chi connectivity index (χ2n) is 16.4. The molecule has 5 fully saturated rings. The van der Waals surface area contributed by atoms with Gasteiger partial charge in [0.15, 0.2) is 12.1 Å². The Morgan fingerprint density at radius 2 is 1.76 bits per heavy atom. The highest BCUT2D eigenvalue weighted by Gasteiger charge is 2.64. The van der Waals surface area contributed by atoms with Crippen molar-refractivity contribution in [3.63, 3.8) is 0 Å². The molecule has 0 aromatic heterocycles. The van der Waals surface area contributed by atoms with Crippen LogP contribution in [-0.4, -0.2) is 59.9 Å². The topological polar surface area (TPSA) is 77.4 Å². The highest BCUT2D eigenvalue weighted by Crippen LogP contribution is 2.68. The molecule has 6 nitrogen and oxygen atoms in total. The Morgan fingerprint density at radius 1 is 1.00 bits per heavy atom. The summed E-state index contributed by atoms with van der Waals surface area (Å²) in [5, 5.41) is 24.9. The molecule has 1 aromatic rings. The SMILES string of the molecule is C=C(C)c1ccc([C@H]2C[C@@]3(C)[C@@H](CC[C@@]3(O)C#CCOC3CCCCO3)[C@@H]3CC[C@@]4(O)CC5(CCC4=C32)OCC(C)(C)CO5)cc1. The first-order valence-electron chi connectivity index (χ1n) is 17.8. The summed E-state index contributed by atoms with van der Waals surface area (Å²) in [5.74, 6) is 6.54. The van der Waals surface area contributed by atoms with Crippen molar-refractivity contribution in [1.82, 2.24) is 0 Å². The standard InChI is InChI=1S/C40H54O6/c1-27(2)28-10-12-29(13-11-28)31-23-37(5)32(15-19-39(37,42)17-8-22-44-34-9-6-7-21-43-34)30-14-18-38(41)24-40(20-16-33(38)35(30)31)45-25-36(3,4)26-46-40/h10-13,30-32,34,41-42H,1,6-7,9,14-16,18-26H2,2-5H3/t30-,31+,32-,34?,37-,38+,39-/m0/s1. The minimum absolute atomic E-state index is 0.0168. The van der Waals surface area contributed by atoms with E-state index in [1.54, 1.807) is 0 Å². The molecule has 1 aromatic carbocycles. The minimum Gasteiger partial charge on any atom is -0.385 e. The molecule has 2 heterocycles. The van der Waals surface area contributed by atoms with E-state index in [1.165, 1.54) is 16.7 Å². The fourth-order valence-corrected chi connectivity index (χ4v) is 9.92. The highest BCUT2D eigenvalue weighted by molar-refractivity contribution is 5.61. The molecule has 7 rings (SSSR count). The van der Waals surface area contributed by atoms with Gasteiger partial charge in [-0.3, -0.25) is 0 Å². The maximum absolute atomic E-state index is 12.5. The summed E-state index contributed by atoms with van der Waals surface area (Å²) in [6, 6.07) is 8.84. The van der Waals surface area contributed by atoms with Crippen molar-refractivity contribution >= 4 is 5.57 Å². The summed E-state index contributed by atoms with van der Waals surface area (Å²) < 4.78 is 24.5. The number of rotatable bonds is 4. The molecule has 250 valence electrons. The summed E-state index contributed by atoms with van der Waals surface area (Å²) >= 11 is 0. The molecular formula is C40H54O6. The van der Waals surface area contributed by atoms with Gasteiger partial charge in [0.1, 0.15) is 12.2 Å². The van der Waals surface area contributed by atoms with E-state index in [4.69, 9.17) is 18.9 Å². The van der Waals surface area contributed by atoms with Gasteiger partial charge in [-0.2, -0.15) is 0 Å². The van der Waals surface area contributed by atoms with Crippen LogP contribution in [0.25, 0.3) is 5.57 Å². The second-order valence-corrected chi connectivity index (χ2v) is 16.4. The zero-order chi connectivity index (χ0) is 32.4. The molecule has 4 aliphatic carbocycles. The van der Waals surface area contributed by atoms with Crippen LogP contribution >= 0.6 is 0 Å². The largest absolute Gasteiger partial charge is 0.385 e. The summed E-state index contributed by atoms with van der Waals surface area (Å²) in [6.07, 6.45) is 8.91. The second kappa shape index (κ2) is 11.9. The summed E-state index contributed by atoms with van der Waals surface area (Å²) in [6.45, 7) is 15.1. The molecule has 0 bridgehead atoms. The van der Waals surface area contributed by atoms with E-state index in [9.17, 15) is 10.2 Å². The first kappa shape index (κ1) is 32.6. The van der Waals surface area contributed by atoms with E-state index in [1.807, 2.05) is 6.92 Å². The van der Waals surface area contributed by atoms with Crippen LogP contribution in [0.15, 0.2) is 42.0 Å². The summed E-state index contributed by atoms with van der Waals surface area (Å²) in [4.78, 5) is 0. The zero-order valence-electron chi connectivity index (χ0n) is 28.5. The number of hydrogen-bond donors (Lipinski definition) is 2. The third-order valence-electron chi connectivity index (χ3n) is 12.6. The number of ether oxygens (including phenoxy) is 4. The number of hydrogen-bond acceptors (Lipinski definition) is 6. The van der Waals surface area contributed by atoms with Gasteiger partial charge in [-0.25, -0.2) is 0 Å². The molecule has 2 N–H and O–H groups in total. The first-order chi connectivity index (χ1) is 21.9. The Bertz CT molecular complexity index is 1420. The quantitative estimate of drug-likeness (QED) is 0.269. The van der Waals surface area contributed by atoms with Gasteiger partial charge in [0.2, 0.25) is 0 Å². The van der Waals surface area contributed by atoms with E-state index in [2.05, 4.69) is 63.5 Å². The first-order valence-corrected chi connectivity index (χ1v) is 17.8. The molecule has 6 heteroatoms. The van der Waals surface area contributed by atoms with E-state index < -0.39 is 17.0 Å². The van der Waals surface area contributed by atoms with Gasteiger partial charge in [0.25, 0.3) is 0 Å². The van der Waals surface area contributed by atoms with Crippen LogP contribution in [0, 0.1) is 34.5 Å². The Hall–Kier alpha value is -1.98. The smallest absolute Gasteiger partial charge is 0.171 e. The molecule has 7 atom stereocenters. The van der Waals surface area contributed by atoms with Gasteiger partial charge < -0.3 is 29.2 Å². The number of benzene rings is 1. The lowest BCUT2D eigenvalue weighted by molar-refractivity contribution is -0.322. The van der Waals surface area contributed by atoms with Crippen LogP contribution in [0.3, 0.4) is 0 Å². The lowest BCUT2D eigenvalue weighted by Crippen LogP contribution is -2.58. The predicted molar refractivity (Wildman–Crippen MR) is 179 cm³/mol. The number of fused-ring (bicyclic) bond motifs is 4. The van der Waals surface area contributed by atoms with Crippen LogP contribution in [0.4, 0.5) is 0 Å². The van der Waals surface area contributed by atoms with Crippen molar-refractivity contribution in [1.29, 1.82) is 0 Å². The monoisotopic (exact) mass is 630 g/mol.